The van der Waals surface area contributed by atoms with Gasteiger partial charge in [-0.05, 0) is 60.3 Å². The Bertz CT molecular complexity index is 490. The molecule has 1 saturated carbocycles. The highest BCUT2D eigenvalue weighted by Crippen LogP contribution is 2.29. The Labute approximate surface area is 180 Å². The van der Waals surface area contributed by atoms with E-state index in [1.165, 1.54) is 32.1 Å². The molecule has 1 rings (SSSR count). The molecule has 0 spiro atoms. The van der Waals surface area contributed by atoms with Gasteiger partial charge in [0, 0.05) is 11.9 Å². The SMILES string of the molecule is CC(C)(C)OC(=O)CN(CCBr)[C@@H](CCC1CCCCC1)C(=O)OC(C)(C)C. The van der Waals surface area contributed by atoms with Gasteiger partial charge in [-0.2, -0.15) is 0 Å². The van der Waals surface area contributed by atoms with Crippen molar-refractivity contribution in [2.24, 2.45) is 5.92 Å². The Hall–Kier alpha value is -0.620. The van der Waals surface area contributed by atoms with E-state index in [9.17, 15) is 9.59 Å². The third-order valence-electron chi connectivity index (χ3n) is 4.82. The molecule has 0 N–H and O–H groups in total. The van der Waals surface area contributed by atoms with Crippen LogP contribution in [0.4, 0.5) is 0 Å². The highest BCUT2D eigenvalue weighted by molar-refractivity contribution is 9.09. The molecule has 0 radical (unpaired) electrons. The third kappa shape index (κ3) is 10.8. The Morgan fingerprint density at radius 1 is 1.00 bits per heavy atom. The Balaban J connectivity index is 2.88. The summed E-state index contributed by atoms with van der Waals surface area (Å²) >= 11 is 3.46. The highest BCUT2D eigenvalue weighted by Gasteiger charge is 2.33. The molecule has 0 aromatic carbocycles. The average Bonchev–Trinajstić information content (AvgIpc) is 2.52. The Kier molecular flexibility index (Phi) is 10.5. The lowest BCUT2D eigenvalue weighted by molar-refractivity contribution is -0.165. The quantitative estimate of drug-likeness (QED) is 0.353. The zero-order chi connectivity index (χ0) is 21.4. The van der Waals surface area contributed by atoms with Crippen LogP contribution >= 0.6 is 15.9 Å². The number of ether oxygens (including phenoxy) is 2. The first-order valence-electron chi connectivity index (χ1n) is 10.7. The van der Waals surface area contributed by atoms with Gasteiger partial charge in [-0.15, -0.1) is 0 Å². The number of carbonyl (C=O) groups is 2. The van der Waals surface area contributed by atoms with Crippen LogP contribution in [0.5, 0.6) is 0 Å². The van der Waals surface area contributed by atoms with Gasteiger partial charge in [0.15, 0.2) is 0 Å². The van der Waals surface area contributed by atoms with E-state index in [1.54, 1.807) is 0 Å². The Morgan fingerprint density at radius 2 is 1.57 bits per heavy atom. The molecule has 1 aliphatic rings. The molecule has 0 amide bonds. The minimum absolute atomic E-state index is 0.0947. The van der Waals surface area contributed by atoms with Crippen molar-refractivity contribution >= 4 is 27.9 Å². The number of halogens is 1. The summed E-state index contributed by atoms with van der Waals surface area (Å²) in [5.41, 5.74) is -1.09. The molecule has 1 aliphatic carbocycles. The summed E-state index contributed by atoms with van der Waals surface area (Å²) in [6.07, 6.45) is 8.08. The van der Waals surface area contributed by atoms with Crippen LogP contribution < -0.4 is 0 Å². The van der Waals surface area contributed by atoms with Crippen molar-refractivity contribution in [3.63, 3.8) is 0 Å². The van der Waals surface area contributed by atoms with Gasteiger partial charge in [0.25, 0.3) is 0 Å². The van der Waals surface area contributed by atoms with Crippen LogP contribution in [-0.2, 0) is 19.1 Å². The predicted octanol–water partition coefficient (Wildman–Crippen LogP) is 5.10. The second-order valence-corrected chi connectivity index (χ2v) is 10.7. The summed E-state index contributed by atoms with van der Waals surface area (Å²) in [4.78, 5) is 27.3. The molecule has 28 heavy (non-hydrogen) atoms. The second kappa shape index (κ2) is 11.5. The lowest BCUT2D eigenvalue weighted by Gasteiger charge is -2.33. The van der Waals surface area contributed by atoms with Crippen LogP contribution in [0.15, 0.2) is 0 Å². The van der Waals surface area contributed by atoms with Crippen LogP contribution in [0.2, 0.25) is 0 Å². The first-order valence-corrected chi connectivity index (χ1v) is 11.8. The predicted molar refractivity (Wildman–Crippen MR) is 117 cm³/mol. The number of nitrogens with zero attached hydrogens (tertiary/aromatic N) is 1. The number of hydrogen-bond donors (Lipinski definition) is 0. The largest absolute Gasteiger partial charge is 0.459 e. The normalized spacial score (nSPS) is 17.4. The molecule has 5 nitrogen and oxygen atoms in total. The molecule has 1 atom stereocenters. The van der Waals surface area contributed by atoms with Crippen molar-refractivity contribution in [1.82, 2.24) is 4.90 Å². The fourth-order valence-corrected chi connectivity index (χ4v) is 4.14. The van der Waals surface area contributed by atoms with Gasteiger partial charge in [-0.3, -0.25) is 14.5 Å². The fourth-order valence-electron chi connectivity index (χ4n) is 3.68. The van der Waals surface area contributed by atoms with Gasteiger partial charge >= 0.3 is 11.9 Å². The molecule has 0 saturated heterocycles. The molecule has 164 valence electrons. The first kappa shape index (κ1) is 25.4. The molecule has 0 bridgehead atoms. The monoisotopic (exact) mass is 461 g/mol. The number of rotatable bonds is 9. The van der Waals surface area contributed by atoms with Crippen LogP contribution in [0.1, 0.15) is 86.5 Å². The van der Waals surface area contributed by atoms with E-state index in [4.69, 9.17) is 9.47 Å². The second-order valence-electron chi connectivity index (χ2n) is 9.88. The molecule has 0 unspecified atom stereocenters. The molecule has 0 aromatic rings. The molecule has 0 heterocycles. The van der Waals surface area contributed by atoms with E-state index in [0.29, 0.717) is 17.8 Å². The van der Waals surface area contributed by atoms with Crippen molar-refractivity contribution in [3.05, 3.63) is 0 Å². The molecule has 6 heteroatoms. The van der Waals surface area contributed by atoms with E-state index in [2.05, 4.69) is 15.9 Å². The van der Waals surface area contributed by atoms with E-state index in [0.717, 1.165) is 12.8 Å². The molecular weight excluding hydrogens is 422 g/mol. The number of hydrogen-bond acceptors (Lipinski definition) is 5. The Morgan fingerprint density at radius 3 is 2.07 bits per heavy atom. The van der Waals surface area contributed by atoms with Crippen molar-refractivity contribution in [2.45, 2.75) is 104 Å². The zero-order valence-corrected chi connectivity index (χ0v) is 20.3. The maximum absolute atomic E-state index is 13.0. The number of alkyl halides is 1. The molecule has 0 aliphatic heterocycles. The van der Waals surface area contributed by atoms with Crippen LogP contribution in [0.3, 0.4) is 0 Å². The summed E-state index contributed by atoms with van der Waals surface area (Å²) < 4.78 is 11.2. The summed E-state index contributed by atoms with van der Waals surface area (Å²) in [7, 11) is 0. The third-order valence-corrected chi connectivity index (χ3v) is 5.17. The van der Waals surface area contributed by atoms with Crippen molar-refractivity contribution in [1.29, 1.82) is 0 Å². The van der Waals surface area contributed by atoms with Crippen molar-refractivity contribution in [2.75, 3.05) is 18.4 Å². The topological polar surface area (TPSA) is 55.8 Å². The average molecular weight is 462 g/mol. The van der Waals surface area contributed by atoms with Gasteiger partial charge in [-0.1, -0.05) is 48.0 Å². The summed E-state index contributed by atoms with van der Waals surface area (Å²) in [6.45, 7) is 11.9. The summed E-state index contributed by atoms with van der Waals surface area (Å²) in [6, 6.07) is -0.425. The van der Waals surface area contributed by atoms with Crippen LogP contribution in [0, 0.1) is 5.92 Å². The maximum atomic E-state index is 13.0. The standard InChI is InChI=1S/C22H40BrNO4/c1-21(2,3)27-19(25)16-24(15-14-23)18(20(26)28-22(4,5)6)13-12-17-10-8-7-9-11-17/h17-18H,7-16H2,1-6H3/t18-/m0/s1. The number of esters is 2. The van der Waals surface area contributed by atoms with E-state index >= 15 is 0 Å². The van der Waals surface area contributed by atoms with Gasteiger partial charge in [0.2, 0.25) is 0 Å². The van der Waals surface area contributed by atoms with Gasteiger partial charge in [0.1, 0.15) is 17.2 Å². The maximum Gasteiger partial charge on any atom is 0.323 e. The van der Waals surface area contributed by atoms with E-state index < -0.39 is 17.2 Å². The van der Waals surface area contributed by atoms with E-state index in [-0.39, 0.29) is 18.5 Å². The fraction of sp³-hybridized carbons (Fsp3) is 0.909. The van der Waals surface area contributed by atoms with Crippen molar-refractivity contribution < 1.29 is 19.1 Å². The van der Waals surface area contributed by atoms with Crippen LogP contribution in [0.25, 0.3) is 0 Å². The lowest BCUT2D eigenvalue weighted by Crippen LogP contribution is -2.48. The molecular formula is C22H40BrNO4. The zero-order valence-electron chi connectivity index (χ0n) is 18.7. The summed E-state index contributed by atoms with van der Waals surface area (Å²) in [5.74, 6) is 0.124. The van der Waals surface area contributed by atoms with Gasteiger partial charge < -0.3 is 9.47 Å². The number of carbonyl (C=O) groups excluding carboxylic acids is 2. The summed E-state index contributed by atoms with van der Waals surface area (Å²) in [5, 5.41) is 0.679. The van der Waals surface area contributed by atoms with E-state index in [1.807, 2.05) is 46.4 Å². The minimum Gasteiger partial charge on any atom is -0.459 e. The van der Waals surface area contributed by atoms with Crippen molar-refractivity contribution in [3.8, 4) is 0 Å². The van der Waals surface area contributed by atoms with Gasteiger partial charge in [-0.25, -0.2) is 0 Å². The first-order chi connectivity index (χ1) is 12.9. The highest BCUT2D eigenvalue weighted by atomic mass is 79.9. The lowest BCUT2D eigenvalue weighted by atomic mass is 9.85. The van der Waals surface area contributed by atoms with Gasteiger partial charge in [0.05, 0.1) is 6.54 Å². The van der Waals surface area contributed by atoms with Crippen LogP contribution in [-0.4, -0.2) is 52.5 Å². The minimum atomic E-state index is -0.549. The molecule has 1 fully saturated rings. The molecule has 0 aromatic heterocycles. The smallest absolute Gasteiger partial charge is 0.323 e.